The molecule has 3 rings (SSSR count). The lowest BCUT2D eigenvalue weighted by molar-refractivity contribution is 0.354. The first-order valence-corrected chi connectivity index (χ1v) is 10.1. The van der Waals surface area contributed by atoms with E-state index in [0.717, 1.165) is 59.6 Å². The highest BCUT2D eigenvalue weighted by Gasteiger charge is 2.06. The molecular weight excluding hydrogens is 378 g/mol. The maximum atomic E-state index is 5.37. The van der Waals surface area contributed by atoms with E-state index in [1.807, 2.05) is 49.5 Å². The van der Waals surface area contributed by atoms with Crippen LogP contribution in [0.25, 0.3) is 11.3 Å². The van der Waals surface area contributed by atoms with Gasteiger partial charge in [-0.1, -0.05) is 36.4 Å². The molecule has 0 radical (unpaired) electrons. The number of aromatic amines is 1. The Bertz CT molecular complexity index is 953. The minimum atomic E-state index is 0.471. The Balaban J connectivity index is 1.57. The highest BCUT2D eigenvalue weighted by molar-refractivity contribution is 5.79. The third kappa shape index (κ3) is 5.76. The van der Waals surface area contributed by atoms with Crippen LogP contribution in [0.4, 0.5) is 0 Å². The second-order valence-electron chi connectivity index (χ2n) is 6.67. The van der Waals surface area contributed by atoms with Crippen LogP contribution in [-0.4, -0.2) is 43.2 Å². The zero-order chi connectivity index (χ0) is 21.2. The van der Waals surface area contributed by atoms with Crippen LogP contribution >= 0.6 is 0 Å². The predicted molar refractivity (Wildman–Crippen MR) is 120 cm³/mol. The number of H-pyrrole nitrogens is 1. The van der Waals surface area contributed by atoms with Gasteiger partial charge >= 0.3 is 0 Å². The summed E-state index contributed by atoms with van der Waals surface area (Å²) in [5.74, 6) is 3.06. The third-order valence-electron chi connectivity index (χ3n) is 4.60. The largest absolute Gasteiger partial charge is 0.493 e. The standard InChI is InChI=1S/C23H29N5O2/c1-4-24-23(25-13-12-17-10-11-20(29-2)21(14-17)30-3)27-16-22-26-15-19(28-22)18-8-6-5-7-9-18/h5-11,14-15H,4,12-13,16H2,1-3H3,(H,26,28)(H2,24,25,27). The van der Waals surface area contributed by atoms with Crippen molar-refractivity contribution in [2.45, 2.75) is 19.9 Å². The van der Waals surface area contributed by atoms with Gasteiger partial charge in [0.1, 0.15) is 12.4 Å². The van der Waals surface area contributed by atoms with E-state index in [1.54, 1.807) is 14.2 Å². The zero-order valence-corrected chi connectivity index (χ0v) is 17.7. The first-order chi connectivity index (χ1) is 14.7. The minimum absolute atomic E-state index is 0.471. The Hall–Kier alpha value is -3.48. The van der Waals surface area contributed by atoms with Crippen molar-refractivity contribution >= 4 is 5.96 Å². The van der Waals surface area contributed by atoms with E-state index in [-0.39, 0.29) is 0 Å². The molecule has 0 bridgehead atoms. The van der Waals surface area contributed by atoms with Gasteiger partial charge < -0.3 is 25.1 Å². The number of aromatic nitrogens is 2. The van der Waals surface area contributed by atoms with Crippen LogP contribution in [0.3, 0.4) is 0 Å². The Labute approximate surface area is 177 Å². The number of guanidine groups is 1. The fourth-order valence-electron chi connectivity index (χ4n) is 3.06. The van der Waals surface area contributed by atoms with Crippen molar-refractivity contribution in [2.75, 3.05) is 27.3 Å². The molecule has 2 aromatic carbocycles. The summed E-state index contributed by atoms with van der Waals surface area (Å²) in [6.07, 6.45) is 2.68. The number of rotatable bonds is 9. The summed E-state index contributed by atoms with van der Waals surface area (Å²) in [6, 6.07) is 16.1. The molecule has 0 saturated heterocycles. The van der Waals surface area contributed by atoms with Gasteiger partial charge in [-0.2, -0.15) is 0 Å². The summed E-state index contributed by atoms with van der Waals surface area (Å²) < 4.78 is 10.7. The summed E-state index contributed by atoms with van der Waals surface area (Å²) in [5.41, 5.74) is 3.27. The summed E-state index contributed by atoms with van der Waals surface area (Å²) >= 11 is 0. The molecule has 0 spiro atoms. The van der Waals surface area contributed by atoms with Crippen LogP contribution in [-0.2, 0) is 13.0 Å². The highest BCUT2D eigenvalue weighted by Crippen LogP contribution is 2.27. The molecule has 0 amide bonds. The molecule has 7 nitrogen and oxygen atoms in total. The van der Waals surface area contributed by atoms with Crippen molar-refractivity contribution in [3.63, 3.8) is 0 Å². The van der Waals surface area contributed by atoms with Crippen LogP contribution in [0.15, 0.2) is 59.7 Å². The Morgan fingerprint density at radius 3 is 2.57 bits per heavy atom. The molecule has 1 aromatic heterocycles. The van der Waals surface area contributed by atoms with Crippen molar-refractivity contribution < 1.29 is 9.47 Å². The molecule has 3 aromatic rings. The number of hydrogen-bond acceptors (Lipinski definition) is 4. The van der Waals surface area contributed by atoms with E-state index in [4.69, 9.17) is 9.47 Å². The van der Waals surface area contributed by atoms with Crippen LogP contribution in [0, 0.1) is 0 Å². The average molecular weight is 408 g/mol. The second-order valence-corrected chi connectivity index (χ2v) is 6.67. The van der Waals surface area contributed by atoms with Gasteiger partial charge in [-0.25, -0.2) is 9.98 Å². The number of hydrogen-bond donors (Lipinski definition) is 3. The van der Waals surface area contributed by atoms with E-state index in [0.29, 0.717) is 6.54 Å². The number of aliphatic imine (C=N–C) groups is 1. The van der Waals surface area contributed by atoms with Gasteiger partial charge in [0.25, 0.3) is 0 Å². The smallest absolute Gasteiger partial charge is 0.191 e. The van der Waals surface area contributed by atoms with E-state index in [1.165, 1.54) is 0 Å². The fourth-order valence-corrected chi connectivity index (χ4v) is 3.06. The van der Waals surface area contributed by atoms with Gasteiger partial charge in [0, 0.05) is 13.1 Å². The SMILES string of the molecule is CCNC(=NCc1ncc(-c2ccccc2)[nH]1)NCCc1ccc(OC)c(OC)c1. The molecule has 0 aliphatic rings. The first kappa shape index (κ1) is 21.2. The Morgan fingerprint density at radius 2 is 1.83 bits per heavy atom. The maximum absolute atomic E-state index is 5.37. The lowest BCUT2D eigenvalue weighted by atomic mass is 10.1. The number of benzene rings is 2. The molecule has 30 heavy (non-hydrogen) atoms. The topological polar surface area (TPSA) is 83.6 Å². The number of nitrogens with one attached hydrogen (secondary N) is 3. The van der Waals surface area contributed by atoms with Crippen molar-refractivity contribution in [1.82, 2.24) is 20.6 Å². The van der Waals surface area contributed by atoms with Gasteiger partial charge in [-0.05, 0) is 36.6 Å². The maximum Gasteiger partial charge on any atom is 0.191 e. The number of imidazole rings is 1. The molecule has 0 atom stereocenters. The lowest BCUT2D eigenvalue weighted by Gasteiger charge is -2.12. The van der Waals surface area contributed by atoms with Crippen molar-refractivity contribution in [2.24, 2.45) is 4.99 Å². The summed E-state index contributed by atoms with van der Waals surface area (Å²) in [4.78, 5) is 12.4. The van der Waals surface area contributed by atoms with E-state index in [9.17, 15) is 0 Å². The molecular formula is C23H29N5O2. The van der Waals surface area contributed by atoms with Gasteiger partial charge in [-0.15, -0.1) is 0 Å². The minimum Gasteiger partial charge on any atom is -0.493 e. The first-order valence-electron chi connectivity index (χ1n) is 10.1. The van der Waals surface area contributed by atoms with Crippen molar-refractivity contribution in [3.8, 4) is 22.8 Å². The van der Waals surface area contributed by atoms with Crippen molar-refractivity contribution in [3.05, 3.63) is 66.1 Å². The Kier molecular flexibility index (Phi) is 7.71. The highest BCUT2D eigenvalue weighted by atomic mass is 16.5. The van der Waals surface area contributed by atoms with Crippen LogP contribution < -0.4 is 20.1 Å². The summed E-state index contributed by atoms with van der Waals surface area (Å²) in [7, 11) is 3.29. The molecule has 0 saturated carbocycles. The Morgan fingerprint density at radius 1 is 1.03 bits per heavy atom. The van der Waals surface area contributed by atoms with E-state index < -0.39 is 0 Å². The van der Waals surface area contributed by atoms with E-state index in [2.05, 4.69) is 37.7 Å². The normalized spacial score (nSPS) is 11.2. The number of methoxy groups -OCH3 is 2. The monoisotopic (exact) mass is 407 g/mol. The molecule has 7 heteroatoms. The zero-order valence-electron chi connectivity index (χ0n) is 17.7. The molecule has 158 valence electrons. The lowest BCUT2D eigenvalue weighted by Crippen LogP contribution is -2.38. The fraction of sp³-hybridized carbons (Fsp3) is 0.304. The van der Waals surface area contributed by atoms with Gasteiger partial charge in [0.2, 0.25) is 0 Å². The molecule has 0 aliphatic carbocycles. The van der Waals surface area contributed by atoms with Crippen LogP contribution in [0.2, 0.25) is 0 Å². The predicted octanol–water partition coefficient (Wildman–Crippen LogP) is 3.39. The van der Waals surface area contributed by atoms with E-state index >= 15 is 0 Å². The van der Waals surface area contributed by atoms with Gasteiger partial charge in [-0.3, -0.25) is 0 Å². The van der Waals surface area contributed by atoms with Crippen molar-refractivity contribution in [1.29, 1.82) is 0 Å². The molecule has 0 fully saturated rings. The van der Waals surface area contributed by atoms with Crippen LogP contribution in [0.1, 0.15) is 18.3 Å². The second kappa shape index (κ2) is 10.9. The number of nitrogens with zero attached hydrogens (tertiary/aromatic N) is 2. The van der Waals surface area contributed by atoms with Gasteiger partial charge in [0.05, 0.1) is 26.1 Å². The molecule has 3 N–H and O–H groups in total. The quantitative estimate of drug-likeness (QED) is 0.374. The average Bonchev–Trinajstić information content (AvgIpc) is 3.27. The molecule has 0 aliphatic heterocycles. The molecule has 1 heterocycles. The van der Waals surface area contributed by atoms with Crippen LogP contribution in [0.5, 0.6) is 11.5 Å². The van der Waals surface area contributed by atoms with Gasteiger partial charge in [0.15, 0.2) is 17.5 Å². The summed E-state index contributed by atoms with van der Waals surface area (Å²) in [5, 5.41) is 6.64. The molecule has 0 unspecified atom stereocenters. The summed E-state index contributed by atoms with van der Waals surface area (Å²) in [6.45, 7) is 4.05. The third-order valence-corrected chi connectivity index (χ3v) is 4.60. The number of ether oxygens (including phenoxy) is 2.